The topological polar surface area (TPSA) is 49.3 Å². The number of carbonyl (C=O) groups is 1. The summed E-state index contributed by atoms with van der Waals surface area (Å²) >= 11 is 3.52. The summed E-state index contributed by atoms with van der Waals surface area (Å²) < 4.78 is 0. The van der Waals surface area contributed by atoms with Crippen molar-refractivity contribution in [1.29, 1.82) is 0 Å². The van der Waals surface area contributed by atoms with E-state index in [4.69, 9.17) is 5.21 Å². The third-order valence-corrected chi connectivity index (χ3v) is 0.556. The number of carbonyl (C=O) groups excluding carboxylic acids is 1. The largest absolute Gasteiger partial charge is 0.298 e. The predicted octanol–water partition coefficient (Wildman–Crippen LogP) is -0.634. The Bertz CT molecular complexity index is 51.5. The molecule has 0 radical (unpaired) electrons. The van der Waals surface area contributed by atoms with Crippen LogP contribution in [-0.2, 0) is 0 Å². The predicted molar refractivity (Wildman–Crippen MR) is 26.5 cm³/mol. The zero-order valence-electron chi connectivity index (χ0n) is 3.01. The average Bonchev–Trinajstić information content (AvgIpc) is 1.65. The molecular formula is CH4BNO2S. The smallest absolute Gasteiger partial charge is 0.289 e. The lowest BCUT2D eigenvalue weighted by atomic mass is 10.1. The zero-order chi connectivity index (χ0) is 4.99. The molecule has 0 saturated heterocycles. The van der Waals surface area contributed by atoms with Gasteiger partial charge in [0.2, 0.25) is 5.81 Å². The molecule has 0 atom stereocenters. The maximum absolute atomic E-state index is 9.74. The van der Waals surface area contributed by atoms with Crippen LogP contribution in [0.1, 0.15) is 0 Å². The van der Waals surface area contributed by atoms with Crippen molar-refractivity contribution < 1.29 is 10.0 Å². The molecule has 0 aliphatic rings. The summed E-state index contributed by atoms with van der Waals surface area (Å²) in [6, 6.07) is 0. The van der Waals surface area contributed by atoms with Gasteiger partial charge in [-0.2, -0.15) is 0 Å². The van der Waals surface area contributed by atoms with Gasteiger partial charge < -0.3 is 0 Å². The minimum atomic E-state index is -0.488. The van der Waals surface area contributed by atoms with Gasteiger partial charge in [0.05, 0.1) is 0 Å². The first-order valence-corrected chi connectivity index (χ1v) is 1.98. The monoisotopic (exact) mass is 105 g/mol. The molecule has 0 spiro atoms. The van der Waals surface area contributed by atoms with Crippen LogP contribution in [-0.4, -0.2) is 17.6 Å². The Hall–Kier alpha value is -0.155. The van der Waals surface area contributed by atoms with E-state index in [-0.39, 0.29) is 6.56 Å². The van der Waals surface area contributed by atoms with E-state index in [1.807, 2.05) is 0 Å². The fraction of sp³-hybridized carbons (Fsp3) is 0. The van der Waals surface area contributed by atoms with Gasteiger partial charge in [-0.1, -0.05) is 0 Å². The molecule has 0 rings (SSSR count). The van der Waals surface area contributed by atoms with Gasteiger partial charge in [-0.05, 0) is 0 Å². The molecule has 0 aromatic carbocycles. The van der Waals surface area contributed by atoms with Crippen molar-refractivity contribution in [2.75, 3.05) is 0 Å². The first-order chi connectivity index (χ1) is 2.81. The number of amides is 1. The second kappa shape index (κ2) is 3.05. The molecule has 5 heteroatoms. The first kappa shape index (κ1) is 5.84. The van der Waals surface area contributed by atoms with Crippen LogP contribution in [0.5, 0.6) is 0 Å². The van der Waals surface area contributed by atoms with Crippen LogP contribution in [0, 0.1) is 0 Å². The third kappa shape index (κ3) is 2.11. The summed E-state index contributed by atoms with van der Waals surface area (Å²) in [6.07, 6.45) is 0. The van der Waals surface area contributed by atoms with E-state index in [1.165, 1.54) is 5.48 Å². The Kier molecular flexibility index (Phi) is 2.97. The van der Waals surface area contributed by atoms with Crippen LogP contribution in [0.3, 0.4) is 0 Å². The van der Waals surface area contributed by atoms with Crippen LogP contribution in [0.2, 0.25) is 0 Å². The Labute approximate surface area is 41.2 Å². The van der Waals surface area contributed by atoms with Crippen molar-refractivity contribution in [3.8, 4) is 0 Å². The van der Waals surface area contributed by atoms with Crippen LogP contribution >= 0.6 is 12.5 Å². The third-order valence-electron chi connectivity index (χ3n) is 0.268. The molecule has 34 valence electrons. The normalized spacial score (nSPS) is 7.00. The van der Waals surface area contributed by atoms with E-state index in [9.17, 15) is 4.79 Å². The standard InChI is InChI=1S/CH4BNO2S/c4-1(2-6)3-5/h2,5-6H,(H,3,4). The van der Waals surface area contributed by atoms with Gasteiger partial charge in [0.15, 0.2) is 0 Å². The van der Waals surface area contributed by atoms with E-state index < -0.39 is 5.81 Å². The quantitative estimate of drug-likeness (QED) is 0.180. The minimum Gasteiger partial charge on any atom is -0.289 e. The van der Waals surface area contributed by atoms with Crippen molar-refractivity contribution in [1.82, 2.24) is 5.48 Å². The van der Waals surface area contributed by atoms with Gasteiger partial charge in [0, 0.05) is 0 Å². The van der Waals surface area contributed by atoms with Gasteiger partial charge in [0.1, 0.15) is 0 Å². The lowest BCUT2D eigenvalue weighted by Crippen LogP contribution is -2.19. The van der Waals surface area contributed by atoms with Crippen LogP contribution in [0.15, 0.2) is 0 Å². The van der Waals surface area contributed by atoms with Crippen molar-refractivity contribution >= 4 is 24.8 Å². The Morgan fingerprint density at radius 2 is 2.50 bits per heavy atom. The molecule has 0 aromatic rings. The van der Waals surface area contributed by atoms with E-state index >= 15 is 0 Å². The average molecular weight is 105 g/mol. The summed E-state index contributed by atoms with van der Waals surface area (Å²) in [7, 11) is 0. The van der Waals surface area contributed by atoms with E-state index in [0.29, 0.717) is 0 Å². The molecule has 0 heterocycles. The minimum absolute atomic E-state index is 0.0243. The van der Waals surface area contributed by atoms with Crippen LogP contribution in [0.25, 0.3) is 0 Å². The summed E-state index contributed by atoms with van der Waals surface area (Å²) in [5, 5.41) is 7.69. The van der Waals surface area contributed by atoms with Gasteiger partial charge in [-0.25, -0.2) is 18.0 Å². The van der Waals surface area contributed by atoms with E-state index in [0.717, 1.165) is 0 Å². The van der Waals surface area contributed by atoms with Crippen LogP contribution < -0.4 is 5.48 Å². The molecule has 0 unspecified atom stereocenters. The molecular weight excluding hydrogens is 101 g/mol. The lowest BCUT2D eigenvalue weighted by molar-refractivity contribution is 0.179. The van der Waals surface area contributed by atoms with E-state index in [2.05, 4.69) is 12.5 Å². The molecule has 0 saturated carbocycles. The highest BCUT2D eigenvalue weighted by Gasteiger charge is 1.91. The molecule has 6 heavy (non-hydrogen) atoms. The fourth-order valence-corrected chi connectivity index (χ4v) is 0.106. The number of rotatable bonds is 1. The summed E-state index contributed by atoms with van der Waals surface area (Å²) in [6.45, 7) is 0.0243. The highest BCUT2D eigenvalue weighted by molar-refractivity contribution is 8.09. The first-order valence-electron chi connectivity index (χ1n) is 1.35. The maximum Gasteiger partial charge on any atom is 0.298 e. The summed E-state index contributed by atoms with van der Waals surface area (Å²) in [5.74, 6) is -0.488. The van der Waals surface area contributed by atoms with Gasteiger partial charge in [-0.3, -0.25) is 10.0 Å². The number of hydroxylamine groups is 1. The van der Waals surface area contributed by atoms with Crippen molar-refractivity contribution in [2.24, 2.45) is 0 Å². The SMILES string of the molecule is O=C(BS)NO. The lowest BCUT2D eigenvalue weighted by Gasteiger charge is -1.84. The zero-order valence-corrected chi connectivity index (χ0v) is 3.90. The Morgan fingerprint density at radius 1 is 2.00 bits per heavy atom. The van der Waals surface area contributed by atoms with Gasteiger partial charge >= 0.3 is 0 Å². The molecule has 0 fully saturated rings. The second-order valence-electron chi connectivity index (χ2n) is 0.693. The highest BCUT2D eigenvalue weighted by Crippen LogP contribution is 1.66. The molecule has 0 bridgehead atoms. The summed E-state index contributed by atoms with van der Waals surface area (Å²) in [4.78, 5) is 9.74. The Balaban J connectivity index is 2.99. The number of hydrogen-bond acceptors (Lipinski definition) is 3. The van der Waals surface area contributed by atoms with E-state index in [1.54, 1.807) is 0 Å². The Morgan fingerprint density at radius 3 is 2.50 bits per heavy atom. The molecule has 1 amide bonds. The molecule has 2 N–H and O–H groups in total. The number of hydrogen-bond donors (Lipinski definition) is 3. The molecule has 0 aliphatic heterocycles. The maximum atomic E-state index is 9.74. The summed E-state index contributed by atoms with van der Waals surface area (Å²) in [5.41, 5.74) is 1.40. The number of thiol groups is 1. The van der Waals surface area contributed by atoms with Gasteiger partial charge in [-0.15, -0.1) is 0 Å². The number of nitrogens with one attached hydrogen (secondary N) is 1. The van der Waals surface area contributed by atoms with Gasteiger partial charge in [0.25, 0.3) is 6.56 Å². The fourth-order valence-electron chi connectivity index (χ4n) is 0.0354. The van der Waals surface area contributed by atoms with Crippen molar-refractivity contribution in [2.45, 2.75) is 0 Å². The van der Waals surface area contributed by atoms with Crippen LogP contribution in [0.4, 0.5) is 4.79 Å². The molecule has 0 aliphatic carbocycles. The molecule has 3 nitrogen and oxygen atoms in total. The second-order valence-corrected chi connectivity index (χ2v) is 1.01. The van der Waals surface area contributed by atoms with Crippen molar-refractivity contribution in [3.63, 3.8) is 0 Å². The van der Waals surface area contributed by atoms with Crippen molar-refractivity contribution in [3.05, 3.63) is 0 Å². The molecule has 0 aromatic heterocycles. The highest BCUT2D eigenvalue weighted by atomic mass is 32.1.